The molecule has 0 bridgehead atoms. The van der Waals surface area contributed by atoms with E-state index in [9.17, 15) is 9.59 Å². The second-order valence-electron chi connectivity index (χ2n) is 9.86. The number of benzene rings is 1. The number of amides is 2. The summed E-state index contributed by atoms with van der Waals surface area (Å²) in [5.74, 6) is 0.810. The number of carbonyl (C=O) groups excluding carboxylic acids is 2. The van der Waals surface area contributed by atoms with E-state index in [-0.39, 0.29) is 23.7 Å². The molecular weight excluding hydrogens is 442 g/mol. The summed E-state index contributed by atoms with van der Waals surface area (Å²) in [6.07, 6.45) is 4.48. The molecule has 0 N–H and O–H groups in total. The van der Waals surface area contributed by atoms with Crippen molar-refractivity contribution in [3.8, 4) is 0 Å². The van der Waals surface area contributed by atoms with Crippen LogP contribution in [0, 0.1) is 18.3 Å². The molecule has 1 spiro atoms. The van der Waals surface area contributed by atoms with Crippen LogP contribution in [0.15, 0.2) is 34.9 Å². The molecule has 2 aromatic rings. The molecule has 0 radical (unpaired) electrons. The minimum Gasteiger partial charge on any atom is -0.372 e. The molecule has 2 saturated heterocycles. The zero-order chi connectivity index (χ0) is 23.0. The van der Waals surface area contributed by atoms with E-state index in [1.54, 1.807) is 17.9 Å². The first-order valence-electron chi connectivity index (χ1n) is 11.8. The van der Waals surface area contributed by atoms with Gasteiger partial charge in [0.2, 0.25) is 11.7 Å². The zero-order valence-corrected chi connectivity index (χ0v) is 19.7. The van der Waals surface area contributed by atoms with Gasteiger partial charge in [-0.3, -0.25) is 9.59 Å². The Bertz CT molecular complexity index is 1020. The second-order valence-corrected chi connectivity index (χ2v) is 10.3. The number of hydrogen-bond donors (Lipinski definition) is 0. The standard InChI is InChI=1S/C25H30ClN3O4/c1-17-11-22(33-27-17)23(30)28-10-2-9-25(16-28)12-21(14-29(24(25)31)13-18-3-4-18)32-15-19-5-7-20(26)8-6-19/h5-8,11,18,21H,2-4,9-10,12-16H2,1H3/t21-,25+/m0/s1. The van der Waals surface area contributed by atoms with E-state index in [1.807, 2.05) is 29.2 Å². The third-order valence-electron chi connectivity index (χ3n) is 7.06. The smallest absolute Gasteiger partial charge is 0.292 e. The van der Waals surface area contributed by atoms with Gasteiger partial charge in [-0.25, -0.2) is 0 Å². The Morgan fingerprint density at radius 1 is 1.30 bits per heavy atom. The number of carbonyl (C=O) groups is 2. The van der Waals surface area contributed by atoms with Gasteiger partial charge >= 0.3 is 0 Å². The summed E-state index contributed by atoms with van der Waals surface area (Å²) in [6.45, 7) is 4.68. The second kappa shape index (κ2) is 9.11. The molecule has 5 rings (SSSR count). The Kier molecular flexibility index (Phi) is 6.18. The summed E-state index contributed by atoms with van der Waals surface area (Å²) >= 11 is 6.00. The lowest BCUT2D eigenvalue weighted by atomic mass is 9.72. The largest absolute Gasteiger partial charge is 0.372 e. The van der Waals surface area contributed by atoms with Crippen molar-refractivity contribution in [2.75, 3.05) is 26.2 Å². The van der Waals surface area contributed by atoms with E-state index < -0.39 is 5.41 Å². The molecule has 8 heteroatoms. The van der Waals surface area contributed by atoms with Crippen LogP contribution in [-0.4, -0.2) is 59.1 Å². The van der Waals surface area contributed by atoms with Crippen molar-refractivity contribution in [2.24, 2.45) is 11.3 Å². The number of piperidine rings is 2. The number of hydrogen-bond acceptors (Lipinski definition) is 5. The fourth-order valence-electron chi connectivity index (χ4n) is 5.19. The van der Waals surface area contributed by atoms with Gasteiger partial charge in [-0.1, -0.05) is 28.9 Å². The SMILES string of the molecule is Cc1cc(C(=O)N2CCC[C@@]3(C[C@H](OCc4ccc(Cl)cc4)CN(CC4CC4)C3=O)C2)on1. The van der Waals surface area contributed by atoms with Crippen LogP contribution in [0.4, 0.5) is 0 Å². The first-order valence-corrected chi connectivity index (χ1v) is 12.2. The normalized spacial score (nSPS) is 25.6. The van der Waals surface area contributed by atoms with Crippen molar-refractivity contribution in [2.45, 2.75) is 51.7 Å². The average molecular weight is 472 g/mol. The number of aryl methyl sites for hydroxylation is 1. The monoisotopic (exact) mass is 471 g/mol. The molecular formula is C25H30ClN3O4. The highest BCUT2D eigenvalue weighted by atomic mass is 35.5. The molecule has 3 fully saturated rings. The maximum absolute atomic E-state index is 13.7. The number of aromatic nitrogens is 1. The van der Waals surface area contributed by atoms with Gasteiger partial charge in [-0.05, 0) is 62.6 Å². The molecule has 1 aliphatic carbocycles. The van der Waals surface area contributed by atoms with E-state index in [4.69, 9.17) is 20.9 Å². The predicted molar refractivity (Wildman–Crippen MR) is 123 cm³/mol. The van der Waals surface area contributed by atoms with Crippen molar-refractivity contribution in [3.05, 3.63) is 52.4 Å². The van der Waals surface area contributed by atoms with Crippen LogP contribution in [0.1, 0.15) is 53.9 Å². The van der Waals surface area contributed by atoms with Crippen LogP contribution in [0.3, 0.4) is 0 Å². The van der Waals surface area contributed by atoms with Crippen molar-refractivity contribution < 1.29 is 18.8 Å². The molecule has 0 unspecified atom stereocenters. The topological polar surface area (TPSA) is 75.9 Å². The van der Waals surface area contributed by atoms with E-state index in [0.717, 1.165) is 24.9 Å². The molecule has 1 aromatic heterocycles. The lowest BCUT2D eigenvalue weighted by Gasteiger charge is -2.49. The predicted octanol–water partition coefficient (Wildman–Crippen LogP) is 4.09. The maximum Gasteiger partial charge on any atom is 0.292 e. The van der Waals surface area contributed by atoms with Crippen LogP contribution >= 0.6 is 11.6 Å². The Morgan fingerprint density at radius 3 is 2.79 bits per heavy atom. The van der Waals surface area contributed by atoms with Gasteiger partial charge in [-0.2, -0.15) is 0 Å². The summed E-state index contributed by atoms with van der Waals surface area (Å²) in [4.78, 5) is 30.5. The molecule has 2 aliphatic heterocycles. The van der Waals surface area contributed by atoms with Gasteiger partial charge < -0.3 is 19.1 Å². The summed E-state index contributed by atoms with van der Waals surface area (Å²) in [7, 11) is 0. The third-order valence-corrected chi connectivity index (χ3v) is 7.31. The van der Waals surface area contributed by atoms with Gasteiger partial charge in [-0.15, -0.1) is 0 Å². The Hall–Kier alpha value is -2.38. The quantitative estimate of drug-likeness (QED) is 0.634. The van der Waals surface area contributed by atoms with Gasteiger partial charge in [0.05, 0.1) is 23.8 Å². The van der Waals surface area contributed by atoms with Crippen LogP contribution in [0.5, 0.6) is 0 Å². The lowest BCUT2D eigenvalue weighted by Crippen LogP contribution is -2.61. The Labute approximate surface area is 199 Å². The minimum absolute atomic E-state index is 0.0697. The first-order chi connectivity index (χ1) is 15.9. The molecule has 33 heavy (non-hydrogen) atoms. The number of likely N-dealkylation sites (tertiary alicyclic amines) is 2. The fraction of sp³-hybridized carbons (Fsp3) is 0.560. The van der Waals surface area contributed by atoms with Gasteiger partial charge in [0.15, 0.2) is 0 Å². The van der Waals surface area contributed by atoms with Crippen molar-refractivity contribution in [3.63, 3.8) is 0 Å². The molecule has 1 saturated carbocycles. The Balaban J connectivity index is 1.33. The maximum atomic E-state index is 13.7. The highest BCUT2D eigenvalue weighted by Crippen LogP contribution is 2.42. The van der Waals surface area contributed by atoms with Crippen molar-refractivity contribution >= 4 is 23.4 Å². The molecule has 3 aliphatic rings. The van der Waals surface area contributed by atoms with Crippen molar-refractivity contribution in [1.82, 2.24) is 15.0 Å². The number of rotatable bonds is 6. The van der Waals surface area contributed by atoms with E-state index >= 15 is 0 Å². The number of ether oxygens (including phenoxy) is 1. The Morgan fingerprint density at radius 2 is 2.09 bits per heavy atom. The average Bonchev–Trinajstić information content (AvgIpc) is 3.53. The summed E-state index contributed by atoms with van der Waals surface area (Å²) < 4.78 is 11.5. The minimum atomic E-state index is -0.610. The van der Waals surface area contributed by atoms with Crippen molar-refractivity contribution in [1.29, 1.82) is 0 Å². The molecule has 1 aromatic carbocycles. The van der Waals surface area contributed by atoms with Crippen LogP contribution < -0.4 is 0 Å². The highest BCUT2D eigenvalue weighted by molar-refractivity contribution is 6.30. The summed E-state index contributed by atoms with van der Waals surface area (Å²) in [6, 6.07) is 9.31. The van der Waals surface area contributed by atoms with Gasteiger partial charge in [0.1, 0.15) is 0 Å². The first kappa shape index (κ1) is 22.4. The third kappa shape index (κ3) is 4.94. The van der Waals surface area contributed by atoms with Gasteiger partial charge in [0.25, 0.3) is 5.91 Å². The van der Waals surface area contributed by atoms with E-state index in [1.165, 1.54) is 12.8 Å². The summed E-state index contributed by atoms with van der Waals surface area (Å²) in [5, 5.41) is 4.55. The van der Waals surface area contributed by atoms with Gasteiger partial charge in [0, 0.05) is 37.3 Å². The molecule has 7 nitrogen and oxygen atoms in total. The zero-order valence-electron chi connectivity index (χ0n) is 19.0. The van der Waals surface area contributed by atoms with E-state index in [2.05, 4.69) is 5.16 Å². The number of nitrogens with zero attached hydrogens (tertiary/aromatic N) is 3. The molecule has 176 valence electrons. The molecule has 2 amide bonds. The lowest BCUT2D eigenvalue weighted by molar-refractivity contribution is -0.160. The fourth-order valence-corrected chi connectivity index (χ4v) is 5.32. The number of halogens is 1. The molecule has 2 atom stereocenters. The highest BCUT2D eigenvalue weighted by Gasteiger charge is 2.51. The van der Waals surface area contributed by atoms with Crippen LogP contribution in [-0.2, 0) is 16.1 Å². The van der Waals surface area contributed by atoms with Crippen LogP contribution in [0.2, 0.25) is 5.02 Å². The van der Waals surface area contributed by atoms with Crippen LogP contribution in [0.25, 0.3) is 0 Å². The molecule has 3 heterocycles. The summed E-state index contributed by atoms with van der Waals surface area (Å²) in [5.41, 5.74) is 1.12. The van der Waals surface area contributed by atoms with E-state index in [0.29, 0.717) is 49.3 Å².